The van der Waals surface area contributed by atoms with Crippen LogP contribution in [0.25, 0.3) is 0 Å². The van der Waals surface area contributed by atoms with Gasteiger partial charge in [0.05, 0.1) is 5.25 Å². The van der Waals surface area contributed by atoms with Crippen molar-refractivity contribution in [2.75, 3.05) is 6.54 Å². The number of hydrogen-bond acceptors (Lipinski definition) is 2. The molecule has 0 aromatic carbocycles. The molecule has 118 valence electrons. The molecule has 2 aliphatic carbocycles. The number of hydrogen-bond donors (Lipinski definition) is 1. The molecule has 2 saturated carbocycles. The second-order valence-electron chi connectivity index (χ2n) is 6.92. The molecular weight excluding hydrogens is 266 g/mol. The van der Waals surface area contributed by atoms with Gasteiger partial charge in [-0.15, -0.1) is 0 Å². The van der Waals surface area contributed by atoms with E-state index < -0.39 is 10.8 Å². The molecule has 0 aromatic heterocycles. The van der Waals surface area contributed by atoms with Gasteiger partial charge in [0.25, 0.3) is 0 Å². The maximum Gasteiger partial charge on any atom is 0.0504 e. The zero-order valence-corrected chi connectivity index (χ0v) is 14.2. The van der Waals surface area contributed by atoms with Crippen LogP contribution in [0, 0.1) is 5.92 Å². The van der Waals surface area contributed by atoms with Crippen LogP contribution in [-0.4, -0.2) is 27.3 Å². The fraction of sp³-hybridized carbons (Fsp3) is 1.00. The zero-order chi connectivity index (χ0) is 14.4. The van der Waals surface area contributed by atoms with Crippen molar-refractivity contribution in [2.45, 2.75) is 94.6 Å². The van der Waals surface area contributed by atoms with E-state index >= 15 is 0 Å². The van der Waals surface area contributed by atoms with Gasteiger partial charge in [-0.2, -0.15) is 0 Å². The summed E-state index contributed by atoms with van der Waals surface area (Å²) in [5.41, 5.74) is 0. The summed E-state index contributed by atoms with van der Waals surface area (Å²) in [4.78, 5) is 0. The van der Waals surface area contributed by atoms with Crippen LogP contribution >= 0.6 is 0 Å². The van der Waals surface area contributed by atoms with Gasteiger partial charge in [-0.25, -0.2) is 0 Å². The molecule has 2 nitrogen and oxygen atoms in total. The average Bonchev–Trinajstić information content (AvgIpc) is 2.42. The van der Waals surface area contributed by atoms with Crippen LogP contribution in [0.1, 0.15) is 78.1 Å². The maximum absolute atomic E-state index is 13.1. The van der Waals surface area contributed by atoms with E-state index in [1.165, 1.54) is 64.2 Å². The molecule has 20 heavy (non-hydrogen) atoms. The largest absolute Gasteiger partial charge is 0.313 e. The van der Waals surface area contributed by atoms with Crippen LogP contribution in [-0.2, 0) is 10.8 Å². The Kier molecular flexibility index (Phi) is 7.03. The first-order valence-corrected chi connectivity index (χ1v) is 10.1. The molecule has 0 amide bonds. The summed E-state index contributed by atoms with van der Waals surface area (Å²) in [6.07, 6.45) is 12.7. The summed E-state index contributed by atoms with van der Waals surface area (Å²) in [7, 11) is -0.626. The topological polar surface area (TPSA) is 29.1 Å². The van der Waals surface area contributed by atoms with E-state index in [-0.39, 0.29) is 0 Å². The van der Waals surface area contributed by atoms with Crippen LogP contribution in [0.4, 0.5) is 0 Å². The predicted octanol–water partition coefficient (Wildman–Crippen LogP) is 4.01. The Hall–Kier alpha value is 0.110. The molecule has 1 N–H and O–H groups in total. The lowest BCUT2D eigenvalue weighted by atomic mass is 9.90. The monoisotopic (exact) mass is 299 g/mol. The van der Waals surface area contributed by atoms with Gasteiger partial charge in [-0.05, 0) is 38.1 Å². The number of rotatable bonds is 4. The Morgan fingerprint density at radius 1 is 1.00 bits per heavy atom. The lowest BCUT2D eigenvalue weighted by molar-refractivity contribution is 0.374. The smallest absolute Gasteiger partial charge is 0.0504 e. The van der Waals surface area contributed by atoms with Crippen LogP contribution in [0.15, 0.2) is 0 Å². The van der Waals surface area contributed by atoms with Crippen molar-refractivity contribution in [1.82, 2.24) is 5.32 Å². The first-order chi connectivity index (χ1) is 9.72. The first-order valence-electron chi connectivity index (χ1n) is 8.85. The third-order valence-electron chi connectivity index (χ3n) is 5.18. The van der Waals surface area contributed by atoms with Crippen LogP contribution in [0.3, 0.4) is 0 Å². The lowest BCUT2D eigenvalue weighted by Crippen LogP contribution is -2.45. The Morgan fingerprint density at radius 2 is 1.75 bits per heavy atom. The summed E-state index contributed by atoms with van der Waals surface area (Å²) < 4.78 is 13.1. The van der Waals surface area contributed by atoms with Gasteiger partial charge in [-0.1, -0.05) is 52.4 Å². The summed E-state index contributed by atoms with van der Waals surface area (Å²) in [6.45, 7) is 5.53. The van der Waals surface area contributed by atoms with Gasteiger partial charge in [0.15, 0.2) is 0 Å². The molecule has 0 heterocycles. The highest BCUT2D eigenvalue weighted by Crippen LogP contribution is 2.31. The van der Waals surface area contributed by atoms with Gasteiger partial charge >= 0.3 is 0 Å². The Balaban J connectivity index is 2.01. The molecule has 0 spiro atoms. The maximum atomic E-state index is 13.1. The van der Waals surface area contributed by atoms with Crippen molar-refractivity contribution in [1.29, 1.82) is 0 Å². The normalized spacial score (nSPS) is 37.9. The fourth-order valence-electron chi connectivity index (χ4n) is 4.06. The van der Waals surface area contributed by atoms with Crippen molar-refractivity contribution >= 4 is 10.8 Å². The number of nitrogens with one attached hydrogen (secondary N) is 1. The van der Waals surface area contributed by atoms with Crippen molar-refractivity contribution in [3.8, 4) is 0 Å². The highest BCUT2D eigenvalue weighted by atomic mass is 32.2. The second-order valence-corrected chi connectivity index (χ2v) is 8.85. The third-order valence-corrected chi connectivity index (χ3v) is 7.43. The Bertz CT molecular complexity index is 307. The molecule has 3 heteroatoms. The lowest BCUT2D eigenvalue weighted by Gasteiger charge is -2.34. The standard InChI is InChI=1S/C17H33NOS/c1-3-18-16-11-6-4-5-7-12-17(16)20(19)15-10-8-9-14(2)13-15/h14-18H,3-13H2,1-2H3. The van der Waals surface area contributed by atoms with Crippen molar-refractivity contribution in [2.24, 2.45) is 5.92 Å². The Labute approximate surface area is 127 Å². The van der Waals surface area contributed by atoms with E-state index in [1.54, 1.807) is 0 Å². The van der Waals surface area contributed by atoms with Crippen LogP contribution in [0.5, 0.6) is 0 Å². The molecule has 2 rings (SSSR count). The van der Waals surface area contributed by atoms with Gasteiger partial charge in [0, 0.05) is 22.1 Å². The molecular formula is C17H33NOS. The van der Waals surface area contributed by atoms with E-state index in [0.29, 0.717) is 16.5 Å². The average molecular weight is 300 g/mol. The highest BCUT2D eigenvalue weighted by molar-refractivity contribution is 7.86. The molecule has 0 aliphatic heterocycles. The quantitative estimate of drug-likeness (QED) is 0.849. The van der Waals surface area contributed by atoms with Gasteiger partial charge < -0.3 is 5.32 Å². The summed E-state index contributed by atoms with van der Waals surface area (Å²) in [5, 5.41) is 4.52. The van der Waals surface area contributed by atoms with Gasteiger partial charge in [-0.3, -0.25) is 4.21 Å². The molecule has 2 aliphatic rings. The third kappa shape index (κ3) is 4.56. The molecule has 2 fully saturated rings. The van der Waals surface area contributed by atoms with Crippen LogP contribution in [0.2, 0.25) is 0 Å². The molecule has 0 bridgehead atoms. The minimum atomic E-state index is -0.626. The zero-order valence-electron chi connectivity index (χ0n) is 13.4. The highest BCUT2D eigenvalue weighted by Gasteiger charge is 2.33. The van der Waals surface area contributed by atoms with Crippen LogP contribution < -0.4 is 5.32 Å². The van der Waals surface area contributed by atoms with E-state index in [1.807, 2.05) is 0 Å². The van der Waals surface area contributed by atoms with Crippen molar-refractivity contribution in [3.05, 3.63) is 0 Å². The van der Waals surface area contributed by atoms with Crippen molar-refractivity contribution in [3.63, 3.8) is 0 Å². The molecule has 5 unspecified atom stereocenters. The first kappa shape index (κ1) is 16.5. The SMILES string of the molecule is CCNC1CCCCCCC1S(=O)C1CCCC(C)C1. The summed E-state index contributed by atoms with van der Waals surface area (Å²) in [6, 6.07) is 0.498. The molecule has 0 aromatic rings. The summed E-state index contributed by atoms with van der Waals surface area (Å²) in [5.74, 6) is 0.781. The second kappa shape index (κ2) is 8.53. The van der Waals surface area contributed by atoms with Gasteiger partial charge in [0.1, 0.15) is 0 Å². The molecule has 0 saturated heterocycles. The van der Waals surface area contributed by atoms with Crippen molar-refractivity contribution < 1.29 is 4.21 Å². The predicted molar refractivity (Wildman–Crippen MR) is 88.5 cm³/mol. The van der Waals surface area contributed by atoms with E-state index in [9.17, 15) is 4.21 Å². The minimum absolute atomic E-state index is 0.408. The van der Waals surface area contributed by atoms with E-state index in [0.717, 1.165) is 12.5 Å². The Morgan fingerprint density at radius 3 is 2.45 bits per heavy atom. The minimum Gasteiger partial charge on any atom is -0.313 e. The molecule has 5 atom stereocenters. The van der Waals surface area contributed by atoms with E-state index in [4.69, 9.17) is 0 Å². The summed E-state index contributed by atoms with van der Waals surface area (Å²) >= 11 is 0. The van der Waals surface area contributed by atoms with E-state index in [2.05, 4.69) is 19.2 Å². The molecule has 0 radical (unpaired) electrons. The van der Waals surface area contributed by atoms with Gasteiger partial charge in [0.2, 0.25) is 0 Å². The fourth-order valence-corrected chi connectivity index (χ4v) is 6.43.